The summed E-state index contributed by atoms with van der Waals surface area (Å²) in [6.45, 7) is 7.65. The Morgan fingerprint density at radius 3 is 2.71 bits per heavy atom. The van der Waals surface area contributed by atoms with Crippen molar-refractivity contribution in [1.29, 1.82) is 0 Å². The highest BCUT2D eigenvalue weighted by molar-refractivity contribution is 6.02. The van der Waals surface area contributed by atoms with Gasteiger partial charge < -0.3 is 4.74 Å². The van der Waals surface area contributed by atoms with Crippen molar-refractivity contribution >= 4 is 28.0 Å². The van der Waals surface area contributed by atoms with Gasteiger partial charge >= 0.3 is 5.97 Å². The van der Waals surface area contributed by atoms with Crippen LogP contribution in [0.5, 0.6) is 5.75 Å². The molecule has 0 atom stereocenters. The van der Waals surface area contributed by atoms with E-state index in [1.165, 1.54) is 6.08 Å². The van der Waals surface area contributed by atoms with E-state index in [2.05, 4.69) is 46.9 Å². The predicted molar refractivity (Wildman–Crippen MR) is 124 cm³/mol. The van der Waals surface area contributed by atoms with Crippen LogP contribution in [0.3, 0.4) is 0 Å². The SMILES string of the molecule is C=CC(=O)Oc1ccccc1/C(=C(\CC)c1cccnc1C)c1ccc2[nH]ncc2c1. The minimum absolute atomic E-state index is 0.488. The quantitative estimate of drug-likeness (QED) is 0.251. The van der Waals surface area contributed by atoms with E-state index in [1.807, 2.05) is 37.3 Å². The van der Waals surface area contributed by atoms with E-state index in [9.17, 15) is 4.79 Å². The molecule has 0 spiro atoms. The average molecular weight is 409 g/mol. The number of aryl methyl sites for hydroxylation is 1. The molecular weight excluding hydrogens is 386 g/mol. The molecule has 0 saturated heterocycles. The summed E-state index contributed by atoms with van der Waals surface area (Å²) in [5.41, 5.74) is 6.94. The first kappa shape index (κ1) is 20.3. The van der Waals surface area contributed by atoms with Crippen molar-refractivity contribution in [2.75, 3.05) is 0 Å². The molecule has 0 radical (unpaired) electrons. The predicted octanol–water partition coefficient (Wildman–Crippen LogP) is 5.73. The number of pyridine rings is 1. The summed E-state index contributed by atoms with van der Waals surface area (Å²) >= 11 is 0. The summed E-state index contributed by atoms with van der Waals surface area (Å²) in [5, 5.41) is 8.15. The number of aromatic nitrogens is 3. The molecule has 0 aliphatic carbocycles. The number of nitrogens with one attached hydrogen (secondary N) is 1. The molecule has 1 N–H and O–H groups in total. The molecule has 0 unspecified atom stereocenters. The van der Waals surface area contributed by atoms with Gasteiger partial charge in [-0.25, -0.2) is 4.79 Å². The lowest BCUT2D eigenvalue weighted by molar-refractivity contribution is -0.128. The molecule has 0 aliphatic heterocycles. The summed E-state index contributed by atoms with van der Waals surface area (Å²) in [6.07, 6.45) is 5.54. The molecule has 0 bridgehead atoms. The Balaban J connectivity index is 2.04. The van der Waals surface area contributed by atoms with E-state index < -0.39 is 5.97 Å². The highest BCUT2D eigenvalue weighted by atomic mass is 16.5. The van der Waals surface area contributed by atoms with Gasteiger partial charge in [0, 0.05) is 28.9 Å². The Hall–Kier alpha value is -3.99. The van der Waals surface area contributed by atoms with Gasteiger partial charge in [0.15, 0.2) is 0 Å². The van der Waals surface area contributed by atoms with Crippen LogP contribution in [0, 0.1) is 6.92 Å². The molecule has 31 heavy (non-hydrogen) atoms. The van der Waals surface area contributed by atoms with Crippen LogP contribution in [0.4, 0.5) is 0 Å². The van der Waals surface area contributed by atoms with Crippen LogP contribution >= 0.6 is 0 Å². The van der Waals surface area contributed by atoms with Gasteiger partial charge in [-0.1, -0.05) is 43.8 Å². The van der Waals surface area contributed by atoms with Crippen molar-refractivity contribution < 1.29 is 9.53 Å². The van der Waals surface area contributed by atoms with E-state index in [-0.39, 0.29) is 0 Å². The molecule has 4 rings (SSSR count). The smallest absolute Gasteiger partial charge is 0.335 e. The molecule has 4 aromatic rings. The van der Waals surface area contributed by atoms with Crippen LogP contribution in [0.2, 0.25) is 0 Å². The van der Waals surface area contributed by atoms with Gasteiger partial charge in [-0.05, 0) is 59.9 Å². The molecule has 0 fully saturated rings. The third kappa shape index (κ3) is 4.03. The zero-order valence-electron chi connectivity index (χ0n) is 17.6. The summed E-state index contributed by atoms with van der Waals surface area (Å²) in [7, 11) is 0. The first-order valence-corrected chi connectivity index (χ1v) is 10.1. The fourth-order valence-corrected chi connectivity index (χ4v) is 3.81. The second-order valence-electron chi connectivity index (χ2n) is 7.14. The minimum Gasteiger partial charge on any atom is -0.423 e. The molecule has 5 heteroatoms. The van der Waals surface area contributed by atoms with E-state index >= 15 is 0 Å². The fraction of sp³-hybridized carbons (Fsp3) is 0.115. The zero-order valence-corrected chi connectivity index (χ0v) is 17.6. The number of aromatic amines is 1. The van der Waals surface area contributed by atoms with Crippen molar-refractivity contribution in [2.24, 2.45) is 0 Å². The molecule has 0 saturated carbocycles. The van der Waals surface area contributed by atoms with Crippen LogP contribution < -0.4 is 4.74 Å². The number of ether oxygens (including phenoxy) is 1. The molecule has 2 aromatic heterocycles. The Bertz CT molecular complexity index is 1300. The largest absolute Gasteiger partial charge is 0.423 e. The Morgan fingerprint density at radius 1 is 1.13 bits per heavy atom. The topological polar surface area (TPSA) is 67.9 Å². The van der Waals surface area contributed by atoms with Gasteiger partial charge in [-0.3, -0.25) is 10.1 Å². The van der Waals surface area contributed by atoms with Gasteiger partial charge in [0.2, 0.25) is 0 Å². The van der Waals surface area contributed by atoms with Crippen molar-refractivity contribution in [1.82, 2.24) is 15.2 Å². The minimum atomic E-state index is -0.493. The summed E-state index contributed by atoms with van der Waals surface area (Å²) < 4.78 is 5.61. The number of H-pyrrole nitrogens is 1. The number of para-hydroxylation sites is 1. The van der Waals surface area contributed by atoms with Crippen LogP contribution in [0.1, 0.15) is 35.7 Å². The molecular formula is C26H23N3O2. The number of fused-ring (bicyclic) bond motifs is 1. The van der Waals surface area contributed by atoms with E-state index in [0.29, 0.717) is 5.75 Å². The lowest BCUT2D eigenvalue weighted by atomic mass is 9.87. The molecule has 154 valence electrons. The highest BCUT2D eigenvalue weighted by Gasteiger charge is 2.19. The number of carbonyl (C=O) groups is 1. The van der Waals surface area contributed by atoms with Gasteiger partial charge in [-0.2, -0.15) is 5.10 Å². The number of esters is 1. The molecule has 5 nitrogen and oxygen atoms in total. The number of carbonyl (C=O) groups excluding carboxylic acids is 1. The molecule has 0 amide bonds. The summed E-state index contributed by atoms with van der Waals surface area (Å²) in [5.74, 6) is -0.00474. The summed E-state index contributed by atoms with van der Waals surface area (Å²) in [6, 6.07) is 17.8. The van der Waals surface area contributed by atoms with Crippen molar-refractivity contribution in [3.05, 3.63) is 102 Å². The third-order valence-corrected chi connectivity index (χ3v) is 5.25. The fourth-order valence-electron chi connectivity index (χ4n) is 3.81. The molecule has 2 heterocycles. The zero-order chi connectivity index (χ0) is 21.8. The van der Waals surface area contributed by atoms with Crippen LogP contribution in [-0.4, -0.2) is 21.2 Å². The number of rotatable bonds is 6. The summed E-state index contributed by atoms with van der Waals surface area (Å²) in [4.78, 5) is 16.5. The lowest BCUT2D eigenvalue weighted by Crippen LogP contribution is -2.06. The highest BCUT2D eigenvalue weighted by Crippen LogP contribution is 2.39. The number of nitrogens with zero attached hydrogens (tertiary/aromatic N) is 2. The third-order valence-electron chi connectivity index (χ3n) is 5.25. The van der Waals surface area contributed by atoms with Crippen molar-refractivity contribution in [2.45, 2.75) is 20.3 Å². The van der Waals surface area contributed by atoms with E-state index in [4.69, 9.17) is 4.74 Å². The van der Waals surface area contributed by atoms with Crippen LogP contribution in [0.25, 0.3) is 22.0 Å². The van der Waals surface area contributed by atoms with Gasteiger partial charge in [-0.15, -0.1) is 0 Å². The second-order valence-corrected chi connectivity index (χ2v) is 7.14. The second kappa shape index (κ2) is 8.79. The van der Waals surface area contributed by atoms with E-state index in [0.717, 1.165) is 50.9 Å². The normalized spacial score (nSPS) is 11.8. The maximum atomic E-state index is 12.0. The monoisotopic (exact) mass is 409 g/mol. The van der Waals surface area contributed by atoms with E-state index in [1.54, 1.807) is 18.5 Å². The van der Waals surface area contributed by atoms with Crippen LogP contribution in [-0.2, 0) is 4.79 Å². The van der Waals surface area contributed by atoms with Gasteiger partial charge in [0.05, 0.1) is 11.7 Å². The number of benzene rings is 2. The van der Waals surface area contributed by atoms with Crippen molar-refractivity contribution in [3.8, 4) is 5.75 Å². The molecule has 2 aromatic carbocycles. The average Bonchev–Trinajstić information content (AvgIpc) is 3.26. The van der Waals surface area contributed by atoms with Gasteiger partial charge in [0.1, 0.15) is 5.75 Å². The standard InChI is InChI=1S/C26H23N3O2/c1-4-20(21-10-8-14-27-17(21)3)26(18-12-13-23-19(15-18)16-28-29-23)22-9-6-7-11-24(22)31-25(30)5-2/h5-16H,2,4H2,1,3H3,(H,28,29)/b26-20+. The van der Waals surface area contributed by atoms with Crippen molar-refractivity contribution in [3.63, 3.8) is 0 Å². The van der Waals surface area contributed by atoms with Crippen LogP contribution in [0.15, 0.2) is 79.6 Å². The Morgan fingerprint density at radius 2 is 1.94 bits per heavy atom. The Labute approximate surface area is 181 Å². The lowest BCUT2D eigenvalue weighted by Gasteiger charge is -2.19. The number of hydrogen-bond donors (Lipinski definition) is 1. The first-order valence-electron chi connectivity index (χ1n) is 10.1. The maximum absolute atomic E-state index is 12.0. The maximum Gasteiger partial charge on any atom is 0.335 e. The Kier molecular flexibility index (Phi) is 5.76. The number of allylic oxidation sites excluding steroid dienone is 1. The molecule has 0 aliphatic rings. The first-order chi connectivity index (χ1) is 15.1. The number of hydrogen-bond acceptors (Lipinski definition) is 4. The van der Waals surface area contributed by atoms with Gasteiger partial charge in [0.25, 0.3) is 0 Å².